The van der Waals surface area contributed by atoms with Gasteiger partial charge in [0.15, 0.2) is 12.2 Å². The molecule has 0 aliphatic rings. The SMILES string of the molecule is CCCCCCCCCCCCCCCC(=O)OC[C@H](COP(=O)(O)OCCNC(=O)CCSSCCC(=O)NCCOP(=O)(O)OC[C@@H](COC(=O)CCCCCCCCCCCCCCC)OC(=O)CCCCCCCCCCCCCCC)OC(=O)CCCCCCCCCCCCCCC. The second-order valence-electron chi connectivity index (χ2n) is 28.6. The molecule has 0 aliphatic carbocycles. The molecule has 24 heteroatoms. The maximum absolute atomic E-state index is 12.9. The molecule has 0 heterocycles. The number of phosphoric acid groups is 2. The normalized spacial score (nSPS) is 13.2. The number of unbranched alkanes of at least 4 members (excludes halogenated alkanes) is 48. The van der Waals surface area contributed by atoms with E-state index in [2.05, 4.69) is 38.3 Å². The minimum Gasteiger partial charge on any atom is -0.462 e. The van der Waals surface area contributed by atoms with Crippen LogP contribution < -0.4 is 10.6 Å². The van der Waals surface area contributed by atoms with Gasteiger partial charge >= 0.3 is 39.5 Å². The van der Waals surface area contributed by atoms with Gasteiger partial charge in [-0.05, 0) is 25.7 Å². The summed E-state index contributed by atoms with van der Waals surface area (Å²) in [4.78, 5) is 97.4. The predicted octanol–water partition coefficient (Wildman–Crippen LogP) is 22.5. The number of ether oxygens (including phenoxy) is 4. The van der Waals surface area contributed by atoms with Crippen LogP contribution >= 0.6 is 37.2 Å². The van der Waals surface area contributed by atoms with E-state index < -0.39 is 64.9 Å². The van der Waals surface area contributed by atoms with Crippen molar-refractivity contribution in [1.29, 1.82) is 0 Å². The lowest BCUT2D eigenvalue weighted by Gasteiger charge is -2.20. The van der Waals surface area contributed by atoms with Gasteiger partial charge in [-0.15, -0.1) is 0 Å². The lowest BCUT2D eigenvalue weighted by molar-refractivity contribution is -0.161. The van der Waals surface area contributed by atoms with E-state index in [1.54, 1.807) is 0 Å². The van der Waals surface area contributed by atoms with Gasteiger partial charge in [-0.25, -0.2) is 9.13 Å². The highest BCUT2D eigenvalue weighted by molar-refractivity contribution is 8.76. The largest absolute Gasteiger partial charge is 0.472 e. The van der Waals surface area contributed by atoms with Crippen LogP contribution in [0.15, 0.2) is 0 Å². The highest BCUT2D eigenvalue weighted by atomic mass is 33.1. The third kappa shape index (κ3) is 76.5. The summed E-state index contributed by atoms with van der Waals surface area (Å²) in [5.74, 6) is -1.75. The maximum atomic E-state index is 12.9. The first-order chi connectivity index (χ1) is 50.6. The van der Waals surface area contributed by atoms with E-state index in [1.165, 1.54) is 253 Å². The number of carbonyl (C=O) groups excluding carboxylic acids is 6. The minimum absolute atomic E-state index is 0.0904. The van der Waals surface area contributed by atoms with E-state index in [0.29, 0.717) is 37.2 Å². The number of rotatable bonds is 83. The first-order valence-electron chi connectivity index (χ1n) is 42.3. The van der Waals surface area contributed by atoms with Crippen molar-refractivity contribution in [2.75, 3.05) is 64.2 Å². The third-order valence-corrected chi connectivity index (χ3v) is 22.9. The van der Waals surface area contributed by atoms with Crippen molar-refractivity contribution in [2.24, 2.45) is 0 Å². The molecule has 0 aromatic heterocycles. The summed E-state index contributed by atoms with van der Waals surface area (Å²) in [6.07, 6.45) is 59.8. The van der Waals surface area contributed by atoms with Gasteiger partial charge in [0.2, 0.25) is 11.8 Å². The van der Waals surface area contributed by atoms with E-state index in [-0.39, 0.29) is 89.9 Å². The highest BCUT2D eigenvalue weighted by Crippen LogP contribution is 2.44. The summed E-state index contributed by atoms with van der Waals surface area (Å²) in [5.41, 5.74) is 0. The number of amides is 2. The average molecular weight is 1560 g/mol. The number of nitrogens with one attached hydrogen (secondary N) is 2. The smallest absolute Gasteiger partial charge is 0.462 e. The Morgan fingerprint density at radius 3 is 0.731 bits per heavy atom. The second-order valence-corrected chi connectivity index (χ2v) is 34.2. The fraction of sp³-hybridized carbons (Fsp3) is 0.925. The zero-order valence-electron chi connectivity index (χ0n) is 66.4. The van der Waals surface area contributed by atoms with Gasteiger partial charge in [0.25, 0.3) is 0 Å². The van der Waals surface area contributed by atoms with Crippen LogP contribution in [0, 0.1) is 0 Å². The predicted molar refractivity (Wildman–Crippen MR) is 427 cm³/mol. The Kier molecular flexibility index (Phi) is 75.8. The van der Waals surface area contributed by atoms with Crippen molar-refractivity contribution in [3.8, 4) is 0 Å². The first kappa shape index (κ1) is 102. The zero-order valence-corrected chi connectivity index (χ0v) is 69.8. The maximum Gasteiger partial charge on any atom is 0.472 e. The molecule has 0 aromatic rings. The molecule has 0 radical (unpaired) electrons. The summed E-state index contributed by atoms with van der Waals surface area (Å²) in [5, 5.41) is 5.26. The standard InChI is InChI=1S/C80H154N2O18P2S2/c1-5-9-13-17-21-25-29-33-37-41-45-49-53-57-77(85)93-69-73(99-79(87)59-55-51-47-43-39-35-31-27-23-19-15-11-7-3)71-97-101(89,90)95-65-63-81-75(83)61-67-103-104-68-62-76(84)82-64-66-96-102(91,92)98-72-74(100-80(88)60-56-52-48-44-40-36-32-28-24-20-16-12-8-4)70-94-78(86)58-54-50-46-42-38-34-30-26-22-18-14-10-6-2/h73-74H,5-72H2,1-4H3,(H,81,83)(H,82,84)(H,89,90)(H,91,92)/t73-,74-/m1/s1. The van der Waals surface area contributed by atoms with Gasteiger partial charge < -0.3 is 39.4 Å². The molecule has 0 rings (SSSR count). The van der Waals surface area contributed by atoms with Gasteiger partial charge in [0.1, 0.15) is 13.2 Å². The molecule has 4 atom stereocenters. The van der Waals surface area contributed by atoms with Gasteiger partial charge in [0, 0.05) is 63.1 Å². The van der Waals surface area contributed by atoms with Gasteiger partial charge in [-0.3, -0.25) is 46.9 Å². The van der Waals surface area contributed by atoms with Crippen LogP contribution in [0.5, 0.6) is 0 Å². The molecule has 614 valence electrons. The molecule has 0 spiro atoms. The Hall–Kier alpha value is -2.26. The molecule has 2 amide bonds. The second kappa shape index (κ2) is 77.5. The Morgan fingerprint density at radius 2 is 0.500 bits per heavy atom. The van der Waals surface area contributed by atoms with Crippen molar-refractivity contribution in [3.05, 3.63) is 0 Å². The van der Waals surface area contributed by atoms with Crippen LogP contribution in [-0.4, -0.2) is 122 Å². The fourth-order valence-corrected chi connectivity index (χ4v) is 15.6. The van der Waals surface area contributed by atoms with Crippen molar-refractivity contribution < 1.29 is 84.7 Å². The number of esters is 4. The molecule has 2 unspecified atom stereocenters. The monoisotopic (exact) mass is 1560 g/mol. The molecule has 0 aromatic carbocycles. The van der Waals surface area contributed by atoms with E-state index in [1.807, 2.05) is 0 Å². The van der Waals surface area contributed by atoms with Crippen LogP contribution in [0.1, 0.15) is 400 Å². The molecule has 20 nitrogen and oxygen atoms in total. The number of carbonyl (C=O) groups is 6. The van der Waals surface area contributed by atoms with Crippen molar-refractivity contribution in [2.45, 2.75) is 412 Å². The average Bonchev–Trinajstić information content (AvgIpc) is 0.920. The number of phosphoric ester groups is 2. The summed E-state index contributed by atoms with van der Waals surface area (Å²) >= 11 is 0. The summed E-state index contributed by atoms with van der Waals surface area (Å²) in [6.45, 7) is 6.29. The van der Waals surface area contributed by atoms with Gasteiger partial charge in [0.05, 0.1) is 26.4 Å². The van der Waals surface area contributed by atoms with E-state index in [9.17, 15) is 47.7 Å². The van der Waals surface area contributed by atoms with Crippen LogP contribution in [0.25, 0.3) is 0 Å². The van der Waals surface area contributed by atoms with Crippen molar-refractivity contribution in [1.82, 2.24) is 10.6 Å². The van der Waals surface area contributed by atoms with Crippen LogP contribution in [0.4, 0.5) is 0 Å². The molecule has 0 bridgehead atoms. The lowest BCUT2D eigenvalue weighted by atomic mass is 10.0. The Morgan fingerprint density at radius 1 is 0.288 bits per heavy atom. The van der Waals surface area contributed by atoms with E-state index in [4.69, 9.17) is 37.0 Å². The molecular weight excluding hydrogens is 1400 g/mol. The number of hydrogen-bond acceptors (Lipinski definition) is 18. The molecule has 0 aliphatic heterocycles. The molecule has 0 fully saturated rings. The number of hydrogen-bond donors (Lipinski definition) is 4. The fourth-order valence-electron chi connectivity index (χ4n) is 12.1. The summed E-state index contributed by atoms with van der Waals surface area (Å²) in [7, 11) is -6.58. The van der Waals surface area contributed by atoms with Crippen LogP contribution in [0.3, 0.4) is 0 Å². The summed E-state index contributed by atoms with van der Waals surface area (Å²) < 4.78 is 68.5. The summed E-state index contributed by atoms with van der Waals surface area (Å²) in [6, 6.07) is 0. The Labute approximate surface area is 641 Å². The quantitative estimate of drug-likeness (QED) is 0.0145. The van der Waals surface area contributed by atoms with Crippen LogP contribution in [-0.2, 0) is 74.9 Å². The first-order valence-corrected chi connectivity index (χ1v) is 47.8. The highest BCUT2D eigenvalue weighted by Gasteiger charge is 2.28. The van der Waals surface area contributed by atoms with Gasteiger partial charge in [-0.1, -0.05) is 357 Å². The molecular formula is C80H154N2O18P2S2. The zero-order chi connectivity index (χ0) is 76.2. The Bertz CT molecular complexity index is 1960. The molecule has 0 saturated carbocycles. The van der Waals surface area contributed by atoms with Gasteiger partial charge in [-0.2, -0.15) is 0 Å². The molecule has 4 N–H and O–H groups in total. The topological polar surface area (TPSA) is 275 Å². The van der Waals surface area contributed by atoms with E-state index >= 15 is 0 Å². The third-order valence-electron chi connectivity index (χ3n) is 18.5. The van der Waals surface area contributed by atoms with Crippen molar-refractivity contribution in [3.63, 3.8) is 0 Å². The van der Waals surface area contributed by atoms with Crippen molar-refractivity contribution >= 4 is 72.9 Å². The Balaban J connectivity index is 4.81. The lowest BCUT2D eigenvalue weighted by Crippen LogP contribution is -2.30. The molecule has 104 heavy (non-hydrogen) atoms. The molecule has 0 saturated heterocycles. The minimum atomic E-state index is -4.67. The van der Waals surface area contributed by atoms with Crippen LogP contribution in [0.2, 0.25) is 0 Å². The van der Waals surface area contributed by atoms with E-state index in [0.717, 1.165) is 77.0 Å².